The van der Waals surface area contributed by atoms with Crippen LogP contribution in [0.4, 0.5) is 11.4 Å². The summed E-state index contributed by atoms with van der Waals surface area (Å²) < 4.78 is 0. The van der Waals surface area contributed by atoms with Gasteiger partial charge in [0.05, 0.1) is 0 Å². The molecule has 5 N–H and O–H groups in total. The van der Waals surface area contributed by atoms with E-state index in [0.29, 0.717) is 5.69 Å². The molecule has 0 saturated carbocycles. The summed E-state index contributed by atoms with van der Waals surface area (Å²) in [5.41, 5.74) is 13.0. The predicted octanol–water partition coefficient (Wildman–Crippen LogP) is 4.55. The van der Waals surface area contributed by atoms with Crippen molar-refractivity contribution in [3.8, 4) is 5.75 Å². The molecule has 0 unspecified atom stereocenters. The minimum atomic E-state index is 0.278. The Hall–Kier alpha value is -3.20. The molecule has 0 amide bonds. The average Bonchev–Trinajstić information content (AvgIpc) is 2.60. The predicted molar refractivity (Wildman–Crippen MR) is 98.4 cm³/mol. The summed E-state index contributed by atoms with van der Waals surface area (Å²) in [4.78, 5) is 0. The smallest absolute Gasteiger partial charge is 0.123 e. The van der Waals surface area contributed by atoms with Crippen molar-refractivity contribution < 1.29 is 5.11 Å². The van der Waals surface area contributed by atoms with Gasteiger partial charge < -0.3 is 16.6 Å². The summed E-state index contributed by atoms with van der Waals surface area (Å²) in [5.74, 6) is 0.278. The number of nitrogen functional groups attached to an aromatic ring is 2. The van der Waals surface area contributed by atoms with Crippen molar-refractivity contribution in [3.05, 3.63) is 78.9 Å². The molecule has 3 heteroatoms. The molecular weight excluding hydrogens is 284 g/mol. The summed E-state index contributed by atoms with van der Waals surface area (Å²) in [6.07, 6.45) is 0. The topological polar surface area (TPSA) is 72.3 Å². The molecule has 0 aromatic heterocycles. The van der Waals surface area contributed by atoms with E-state index in [1.165, 1.54) is 5.39 Å². The van der Waals surface area contributed by atoms with Crippen LogP contribution in [-0.2, 0) is 0 Å². The number of hydrogen-bond acceptors (Lipinski definition) is 3. The van der Waals surface area contributed by atoms with Gasteiger partial charge in [-0.15, -0.1) is 0 Å². The number of phenolic OH excluding ortho intramolecular Hbond substituents is 1. The van der Waals surface area contributed by atoms with Gasteiger partial charge in [-0.05, 0) is 23.6 Å². The minimum absolute atomic E-state index is 0.278. The highest BCUT2D eigenvalue weighted by Gasteiger charge is 2.00. The summed E-state index contributed by atoms with van der Waals surface area (Å²) >= 11 is 0. The van der Waals surface area contributed by atoms with E-state index in [0.717, 1.165) is 21.8 Å². The highest BCUT2D eigenvalue weighted by atomic mass is 16.3. The molecule has 4 aromatic rings. The molecule has 4 aromatic carbocycles. The first-order chi connectivity index (χ1) is 11.2. The van der Waals surface area contributed by atoms with Crippen molar-refractivity contribution in [1.82, 2.24) is 0 Å². The Morgan fingerprint density at radius 3 is 1.78 bits per heavy atom. The minimum Gasteiger partial charge on any atom is -0.507 e. The van der Waals surface area contributed by atoms with Crippen LogP contribution >= 0.6 is 0 Å². The number of anilines is 2. The van der Waals surface area contributed by atoms with Gasteiger partial charge >= 0.3 is 0 Å². The fraction of sp³-hybridized carbons (Fsp3) is 0. The summed E-state index contributed by atoms with van der Waals surface area (Å²) in [5, 5.41) is 13.5. The molecule has 0 fully saturated rings. The van der Waals surface area contributed by atoms with E-state index in [2.05, 4.69) is 12.1 Å². The highest BCUT2D eigenvalue weighted by molar-refractivity contribution is 5.96. The first-order valence-corrected chi connectivity index (χ1v) is 7.36. The van der Waals surface area contributed by atoms with Gasteiger partial charge in [0, 0.05) is 27.5 Å². The van der Waals surface area contributed by atoms with Crippen LogP contribution in [0, 0.1) is 0 Å². The van der Waals surface area contributed by atoms with E-state index >= 15 is 0 Å². The molecule has 4 rings (SSSR count). The lowest BCUT2D eigenvalue weighted by Crippen LogP contribution is -1.85. The number of phenols is 1. The molecular formula is C20H18N2O. The first kappa shape index (κ1) is 14.7. The van der Waals surface area contributed by atoms with Crippen molar-refractivity contribution in [2.75, 3.05) is 11.5 Å². The molecule has 3 nitrogen and oxygen atoms in total. The molecule has 114 valence electrons. The number of nitrogens with two attached hydrogens (primary N) is 2. The molecule has 0 aliphatic heterocycles. The lowest BCUT2D eigenvalue weighted by molar-refractivity contribution is 0.481. The zero-order valence-corrected chi connectivity index (χ0v) is 12.6. The molecule has 0 aliphatic rings. The van der Waals surface area contributed by atoms with Crippen LogP contribution in [0.5, 0.6) is 5.75 Å². The number of benzene rings is 4. The Labute approximate surface area is 134 Å². The maximum Gasteiger partial charge on any atom is 0.123 e. The largest absolute Gasteiger partial charge is 0.507 e. The van der Waals surface area contributed by atoms with Gasteiger partial charge in [0.15, 0.2) is 0 Å². The third-order valence-electron chi connectivity index (χ3n) is 3.76. The lowest BCUT2D eigenvalue weighted by Gasteiger charge is -2.02. The van der Waals surface area contributed by atoms with Gasteiger partial charge in [0.2, 0.25) is 0 Å². The van der Waals surface area contributed by atoms with E-state index in [1.807, 2.05) is 54.6 Å². The lowest BCUT2D eigenvalue weighted by atomic mass is 10.1. The number of hydrogen-bond donors (Lipinski definition) is 3. The zero-order chi connectivity index (χ0) is 16.2. The maximum absolute atomic E-state index is 9.44. The third kappa shape index (κ3) is 3.04. The Kier molecular flexibility index (Phi) is 4.02. The van der Waals surface area contributed by atoms with E-state index < -0.39 is 0 Å². The normalized spacial score (nSPS) is 10.3. The summed E-state index contributed by atoms with van der Waals surface area (Å²) in [6.45, 7) is 0. The van der Waals surface area contributed by atoms with Gasteiger partial charge in [0.1, 0.15) is 5.75 Å². The molecule has 0 atom stereocenters. The Morgan fingerprint density at radius 1 is 0.522 bits per heavy atom. The van der Waals surface area contributed by atoms with Crippen LogP contribution in [0.3, 0.4) is 0 Å². The van der Waals surface area contributed by atoms with Gasteiger partial charge in [-0.2, -0.15) is 0 Å². The maximum atomic E-state index is 9.44. The van der Waals surface area contributed by atoms with Crippen LogP contribution < -0.4 is 11.5 Å². The zero-order valence-electron chi connectivity index (χ0n) is 12.6. The van der Waals surface area contributed by atoms with Crippen molar-refractivity contribution in [3.63, 3.8) is 0 Å². The number of aromatic hydroxyl groups is 1. The van der Waals surface area contributed by atoms with Crippen molar-refractivity contribution in [2.24, 2.45) is 0 Å². The molecule has 23 heavy (non-hydrogen) atoms. The Balaban J connectivity index is 0.000000136. The van der Waals surface area contributed by atoms with Crippen molar-refractivity contribution in [2.45, 2.75) is 0 Å². The van der Waals surface area contributed by atoms with Gasteiger partial charge in [-0.1, -0.05) is 60.7 Å². The molecule has 0 radical (unpaired) electrons. The molecule has 0 bridgehead atoms. The van der Waals surface area contributed by atoms with Crippen molar-refractivity contribution >= 4 is 32.9 Å². The van der Waals surface area contributed by atoms with E-state index in [4.69, 9.17) is 11.5 Å². The average molecular weight is 302 g/mol. The number of rotatable bonds is 0. The molecule has 0 saturated heterocycles. The van der Waals surface area contributed by atoms with Crippen molar-refractivity contribution in [1.29, 1.82) is 0 Å². The van der Waals surface area contributed by atoms with Gasteiger partial charge in [-0.3, -0.25) is 0 Å². The van der Waals surface area contributed by atoms with Crippen LogP contribution in [0.1, 0.15) is 0 Å². The number of fused-ring (bicyclic) bond motifs is 2. The highest BCUT2D eigenvalue weighted by Crippen LogP contribution is 2.28. The first-order valence-electron chi connectivity index (χ1n) is 7.36. The van der Waals surface area contributed by atoms with Crippen LogP contribution in [0.2, 0.25) is 0 Å². The standard InChI is InChI=1S/C10H9NO.C10H9N/c11-9-5-6-10(12)8-4-2-1-3-7(8)9;11-10-7-3-5-8-4-1-2-6-9(8)10/h1-6,12H,11H2;1-7H,11H2. The fourth-order valence-corrected chi connectivity index (χ4v) is 2.56. The SMILES string of the molecule is Nc1ccc(O)c2ccccc12.Nc1cccc2ccccc12. The monoisotopic (exact) mass is 302 g/mol. The van der Waals surface area contributed by atoms with Gasteiger partial charge in [-0.25, -0.2) is 0 Å². The van der Waals surface area contributed by atoms with E-state index in [-0.39, 0.29) is 5.75 Å². The second kappa shape index (κ2) is 6.28. The van der Waals surface area contributed by atoms with Crippen LogP contribution in [-0.4, -0.2) is 5.11 Å². The Bertz CT molecular complexity index is 918. The third-order valence-corrected chi connectivity index (χ3v) is 3.76. The molecule has 0 aliphatic carbocycles. The quantitative estimate of drug-likeness (QED) is 0.329. The van der Waals surface area contributed by atoms with Gasteiger partial charge in [0.25, 0.3) is 0 Å². The fourth-order valence-electron chi connectivity index (χ4n) is 2.56. The summed E-state index contributed by atoms with van der Waals surface area (Å²) in [6, 6.07) is 24.9. The Morgan fingerprint density at radius 2 is 1.09 bits per heavy atom. The van der Waals surface area contributed by atoms with Crippen LogP contribution in [0.15, 0.2) is 78.9 Å². The summed E-state index contributed by atoms with van der Waals surface area (Å²) in [7, 11) is 0. The molecule has 0 spiro atoms. The molecule has 0 heterocycles. The second-order valence-corrected chi connectivity index (χ2v) is 5.29. The van der Waals surface area contributed by atoms with Crippen LogP contribution in [0.25, 0.3) is 21.5 Å². The second-order valence-electron chi connectivity index (χ2n) is 5.29. The van der Waals surface area contributed by atoms with E-state index in [9.17, 15) is 5.11 Å². The van der Waals surface area contributed by atoms with E-state index in [1.54, 1.807) is 12.1 Å².